The molecule has 1 saturated heterocycles. The maximum atomic E-state index is 12.9. The first-order chi connectivity index (χ1) is 16.7. The summed E-state index contributed by atoms with van der Waals surface area (Å²) >= 11 is 0. The van der Waals surface area contributed by atoms with Gasteiger partial charge in [0.15, 0.2) is 11.5 Å². The minimum Gasteiger partial charge on any atom is -0.382 e. The zero-order valence-corrected chi connectivity index (χ0v) is 19.4. The number of nitrogen functional groups attached to an aromatic ring is 1. The first-order valence-corrected chi connectivity index (χ1v) is 12.2. The average molecular weight is 457 g/mol. The van der Waals surface area contributed by atoms with Crippen LogP contribution in [-0.4, -0.2) is 35.0 Å². The molecular weight excluding hydrogens is 424 g/mol. The number of carbonyl (C=O) groups is 1. The molecule has 1 aromatic heterocycles. The largest absolute Gasteiger partial charge is 0.382 e. The topological polar surface area (TPSA) is 105 Å². The second kappa shape index (κ2) is 10.3. The summed E-state index contributed by atoms with van der Waals surface area (Å²) in [7, 11) is 0. The van der Waals surface area contributed by atoms with Crippen molar-refractivity contribution in [3.05, 3.63) is 77.1 Å². The summed E-state index contributed by atoms with van der Waals surface area (Å²) in [4.78, 5) is 21.8. The molecule has 1 amide bonds. The molecule has 2 aliphatic rings. The number of carbonyl (C=O) groups excluding carboxylic acids is 1. The Bertz CT molecular complexity index is 1160. The van der Waals surface area contributed by atoms with E-state index in [4.69, 9.17) is 5.73 Å². The Labute approximate surface area is 200 Å². The Balaban J connectivity index is 1.28. The van der Waals surface area contributed by atoms with Crippen molar-refractivity contribution in [3.63, 3.8) is 0 Å². The molecule has 1 aliphatic carbocycles. The molecule has 0 saturated carbocycles. The van der Waals surface area contributed by atoms with Gasteiger partial charge in [0.25, 0.3) is 5.91 Å². The average Bonchev–Trinajstić information content (AvgIpc) is 3.10. The highest BCUT2D eigenvalue weighted by molar-refractivity contribution is 5.97. The maximum absolute atomic E-state index is 12.9. The van der Waals surface area contributed by atoms with Gasteiger partial charge in [-0.05, 0) is 55.0 Å². The van der Waals surface area contributed by atoms with Gasteiger partial charge in [0, 0.05) is 30.7 Å². The van der Waals surface area contributed by atoms with Crippen LogP contribution >= 0.6 is 0 Å². The van der Waals surface area contributed by atoms with E-state index >= 15 is 0 Å². The molecule has 3 aromatic rings. The fourth-order valence-electron chi connectivity index (χ4n) is 4.95. The number of amides is 1. The number of nitrogens with two attached hydrogens (primary N) is 1. The maximum Gasteiger partial charge on any atom is 0.274 e. The standard InChI is InChI=1S/C27H32N6O/c28-26-25(27(34)32-21-9-3-4-13-29-16-21)33-24(17-31-26)20-8-5-6-18(14-20)15-30-23-12-11-19-7-1-2-10-22(19)23/h1-2,5-8,10,14,17,21,23,29-30H,3-4,9,11-13,15-16H2,(H2,28,31)(H,32,34)/t21?,23-/m0/s1. The van der Waals surface area contributed by atoms with Gasteiger partial charge < -0.3 is 21.7 Å². The summed E-state index contributed by atoms with van der Waals surface area (Å²) in [5.41, 5.74) is 11.8. The lowest BCUT2D eigenvalue weighted by Crippen LogP contribution is -2.41. The van der Waals surface area contributed by atoms with Crippen molar-refractivity contribution in [1.29, 1.82) is 0 Å². The summed E-state index contributed by atoms with van der Waals surface area (Å²) in [6.07, 6.45) is 7.05. The van der Waals surface area contributed by atoms with Gasteiger partial charge in [-0.1, -0.05) is 48.9 Å². The highest BCUT2D eigenvalue weighted by Crippen LogP contribution is 2.31. The van der Waals surface area contributed by atoms with Gasteiger partial charge in [-0.25, -0.2) is 9.97 Å². The number of aryl methyl sites for hydroxylation is 1. The number of nitrogens with zero attached hydrogens (tertiary/aromatic N) is 2. The van der Waals surface area contributed by atoms with Crippen LogP contribution in [0.3, 0.4) is 0 Å². The quantitative estimate of drug-likeness (QED) is 0.453. The van der Waals surface area contributed by atoms with Crippen LogP contribution in [0.4, 0.5) is 5.82 Å². The zero-order chi connectivity index (χ0) is 23.3. The molecule has 5 N–H and O–H groups in total. The third kappa shape index (κ3) is 5.11. The molecule has 1 fully saturated rings. The second-order valence-electron chi connectivity index (χ2n) is 9.23. The van der Waals surface area contributed by atoms with Crippen LogP contribution in [0.15, 0.2) is 54.7 Å². The fourth-order valence-corrected chi connectivity index (χ4v) is 4.95. The first-order valence-electron chi connectivity index (χ1n) is 12.2. The van der Waals surface area contributed by atoms with Gasteiger partial charge in [-0.15, -0.1) is 0 Å². The van der Waals surface area contributed by atoms with Crippen LogP contribution in [0.25, 0.3) is 11.3 Å². The molecule has 176 valence electrons. The Kier molecular flexibility index (Phi) is 6.83. The van der Waals surface area contributed by atoms with Crippen LogP contribution < -0.4 is 21.7 Å². The fraction of sp³-hybridized carbons (Fsp3) is 0.370. The lowest BCUT2D eigenvalue weighted by molar-refractivity contribution is 0.0931. The Morgan fingerprint density at radius 2 is 2.03 bits per heavy atom. The SMILES string of the molecule is Nc1ncc(-c2cccc(CN[C@H]3CCc4ccccc43)c2)nc1C(=O)NC1CCCCNC1. The third-order valence-electron chi connectivity index (χ3n) is 6.81. The van der Waals surface area contributed by atoms with Crippen LogP contribution in [0, 0.1) is 0 Å². The van der Waals surface area contributed by atoms with Crippen molar-refractivity contribution in [2.75, 3.05) is 18.8 Å². The van der Waals surface area contributed by atoms with Gasteiger partial charge in [-0.3, -0.25) is 4.79 Å². The number of anilines is 1. The highest BCUT2D eigenvalue weighted by atomic mass is 16.2. The lowest BCUT2D eigenvalue weighted by Gasteiger charge is -2.17. The number of hydrogen-bond donors (Lipinski definition) is 4. The summed E-state index contributed by atoms with van der Waals surface area (Å²) in [5.74, 6) is -0.112. The molecule has 5 rings (SSSR count). The number of aromatic nitrogens is 2. The molecule has 2 atom stereocenters. The van der Waals surface area contributed by atoms with Crippen molar-refractivity contribution in [2.24, 2.45) is 0 Å². The minimum atomic E-state index is -0.265. The summed E-state index contributed by atoms with van der Waals surface area (Å²) in [5, 5.41) is 10.1. The molecule has 7 nitrogen and oxygen atoms in total. The van der Waals surface area contributed by atoms with Crippen LogP contribution in [0.2, 0.25) is 0 Å². The molecule has 34 heavy (non-hydrogen) atoms. The number of benzene rings is 2. The molecule has 2 aromatic carbocycles. The summed E-state index contributed by atoms with van der Waals surface area (Å²) in [6.45, 7) is 2.51. The number of fused-ring (bicyclic) bond motifs is 1. The smallest absolute Gasteiger partial charge is 0.274 e. The highest BCUT2D eigenvalue weighted by Gasteiger charge is 2.22. The molecule has 7 heteroatoms. The molecule has 1 unspecified atom stereocenters. The van der Waals surface area contributed by atoms with E-state index in [2.05, 4.69) is 62.3 Å². The van der Waals surface area contributed by atoms with E-state index in [0.717, 1.165) is 62.9 Å². The van der Waals surface area contributed by atoms with E-state index in [-0.39, 0.29) is 23.5 Å². The van der Waals surface area contributed by atoms with Crippen LogP contribution in [-0.2, 0) is 13.0 Å². The van der Waals surface area contributed by atoms with E-state index in [1.165, 1.54) is 11.1 Å². The van der Waals surface area contributed by atoms with Crippen molar-refractivity contribution in [1.82, 2.24) is 25.9 Å². The van der Waals surface area contributed by atoms with Crippen LogP contribution in [0.1, 0.15) is 58.9 Å². The Hall–Kier alpha value is -3.29. The van der Waals surface area contributed by atoms with E-state index in [1.54, 1.807) is 6.20 Å². The molecule has 1 aliphatic heterocycles. The number of hydrogen-bond acceptors (Lipinski definition) is 6. The predicted molar refractivity (Wildman–Crippen MR) is 134 cm³/mol. The van der Waals surface area contributed by atoms with Gasteiger partial charge in [0.1, 0.15) is 0 Å². The minimum absolute atomic E-state index is 0.0787. The predicted octanol–water partition coefficient (Wildman–Crippen LogP) is 3.37. The van der Waals surface area contributed by atoms with Gasteiger partial charge in [0.05, 0.1) is 11.9 Å². The molecule has 0 spiro atoms. The zero-order valence-electron chi connectivity index (χ0n) is 19.4. The summed E-state index contributed by atoms with van der Waals surface area (Å²) < 4.78 is 0. The lowest BCUT2D eigenvalue weighted by atomic mass is 10.1. The second-order valence-corrected chi connectivity index (χ2v) is 9.23. The first kappa shape index (κ1) is 22.5. The normalized spacial score (nSPS) is 19.9. The van der Waals surface area contributed by atoms with Crippen LogP contribution in [0.5, 0.6) is 0 Å². The van der Waals surface area contributed by atoms with E-state index < -0.39 is 0 Å². The Morgan fingerprint density at radius 1 is 1.12 bits per heavy atom. The van der Waals surface area contributed by atoms with Crippen molar-refractivity contribution >= 4 is 11.7 Å². The van der Waals surface area contributed by atoms with Gasteiger partial charge in [-0.2, -0.15) is 0 Å². The number of nitrogens with one attached hydrogen (secondary N) is 3. The molecule has 0 radical (unpaired) electrons. The monoisotopic (exact) mass is 456 g/mol. The van der Waals surface area contributed by atoms with Gasteiger partial charge in [0.2, 0.25) is 0 Å². The van der Waals surface area contributed by atoms with E-state index in [0.29, 0.717) is 11.7 Å². The molecule has 2 heterocycles. The molecule has 0 bridgehead atoms. The van der Waals surface area contributed by atoms with E-state index in [1.807, 2.05) is 12.1 Å². The number of rotatable bonds is 6. The molecular formula is C27H32N6O. The summed E-state index contributed by atoms with van der Waals surface area (Å²) in [6, 6.07) is 17.3. The van der Waals surface area contributed by atoms with Crippen molar-refractivity contribution in [2.45, 2.75) is 50.7 Å². The van der Waals surface area contributed by atoms with Gasteiger partial charge >= 0.3 is 0 Å². The third-order valence-corrected chi connectivity index (χ3v) is 6.81. The van der Waals surface area contributed by atoms with Crippen molar-refractivity contribution < 1.29 is 4.79 Å². The van der Waals surface area contributed by atoms with Crippen molar-refractivity contribution in [3.8, 4) is 11.3 Å². The Morgan fingerprint density at radius 3 is 2.97 bits per heavy atom. The van der Waals surface area contributed by atoms with E-state index in [9.17, 15) is 4.79 Å².